The van der Waals surface area contributed by atoms with Gasteiger partial charge in [-0.25, -0.2) is 0 Å². The molecular formula is C44H70O3. The van der Waals surface area contributed by atoms with Gasteiger partial charge in [-0.3, -0.25) is 0 Å². The molecule has 2 fully saturated rings. The van der Waals surface area contributed by atoms with E-state index in [1.165, 1.54) is 152 Å². The monoisotopic (exact) mass is 647 g/mol. The highest BCUT2D eigenvalue weighted by Gasteiger charge is 2.58. The molecule has 2 aliphatic heterocycles. The fraction of sp³-hybridized carbons (Fsp3) is 0.727. The Morgan fingerprint density at radius 3 is 1.00 bits per heavy atom. The van der Waals surface area contributed by atoms with E-state index in [0.717, 1.165) is 26.1 Å². The molecule has 2 saturated heterocycles. The summed E-state index contributed by atoms with van der Waals surface area (Å²) in [6, 6.07) is 22.1. The van der Waals surface area contributed by atoms with Gasteiger partial charge in [0, 0.05) is 0 Å². The van der Waals surface area contributed by atoms with Gasteiger partial charge in [-0.1, -0.05) is 216 Å². The molecule has 0 amide bonds. The first-order chi connectivity index (χ1) is 23.2. The Labute approximate surface area is 289 Å². The predicted molar refractivity (Wildman–Crippen MR) is 199 cm³/mol. The van der Waals surface area contributed by atoms with Crippen LogP contribution in [0.1, 0.15) is 179 Å². The number of unbranched alkanes of at least 4 members (excludes halogenated alkanes) is 20. The Bertz CT molecular complexity index is 949. The molecule has 0 N–H and O–H groups in total. The van der Waals surface area contributed by atoms with E-state index >= 15 is 0 Å². The predicted octanol–water partition coefficient (Wildman–Crippen LogP) is 13.0. The maximum Gasteiger partial charge on any atom is 0.123 e. The second-order valence-electron chi connectivity index (χ2n) is 14.8. The first-order valence-electron chi connectivity index (χ1n) is 20.3. The molecular weight excluding hydrogens is 576 g/mol. The van der Waals surface area contributed by atoms with E-state index in [4.69, 9.17) is 14.2 Å². The van der Waals surface area contributed by atoms with E-state index in [1.54, 1.807) is 0 Å². The first kappa shape index (κ1) is 38.1. The number of benzene rings is 2. The number of hydrogen-bond acceptors (Lipinski definition) is 3. The lowest BCUT2D eigenvalue weighted by Gasteiger charge is -2.44. The maximum atomic E-state index is 7.78. The lowest BCUT2D eigenvalue weighted by molar-refractivity contribution is -0.197. The van der Waals surface area contributed by atoms with Gasteiger partial charge >= 0.3 is 0 Å². The quantitative estimate of drug-likeness (QED) is 0.0625. The summed E-state index contributed by atoms with van der Waals surface area (Å²) in [6.45, 7) is 6.16. The van der Waals surface area contributed by atoms with Crippen molar-refractivity contribution < 1.29 is 14.2 Å². The van der Waals surface area contributed by atoms with E-state index in [9.17, 15) is 0 Å². The van der Waals surface area contributed by atoms with Crippen molar-refractivity contribution >= 4 is 0 Å². The van der Waals surface area contributed by atoms with Gasteiger partial charge in [0.05, 0.1) is 13.2 Å². The second kappa shape index (κ2) is 22.1. The topological polar surface area (TPSA) is 34.3 Å². The molecule has 0 saturated carbocycles. The van der Waals surface area contributed by atoms with E-state index in [-0.39, 0.29) is 12.2 Å². The number of ether oxygens (including phenoxy) is 3. The molecule has 0 spiro atoms. The average Bonchev–Trinajstić information content (AvgIpc) is 4.03. The van der Waals surface area contributed by atoms with Crippen LogP contribution in [0.5, 0.6) is 0 Å². The van der Waals surface area contributed by atoms with Gasteiger partial charge in [0.1, 0.15) is 23.4 Å². The molecule has 2 aromatic carbocycles. The third-order valence-electron chi connectivity index (χ3n) is 10.9. The summed E-state index contributed by atoms with van der Waals surface area (Å²) in [4.78, 5) is 0. The fourth-order valence-corrected chi connectivity index (χ4v) is 7.84. The van der Waals surface area contributed by atoms with Crippen molar-refractivity contribution in [2.75, 3.05) is 13.2 Å². The number of rotatable bonds is 30. The summed E-state index contributed by atoms with van der Waals surface area (Å²) in [5.74, 6) is 0. The first-order valence-corrected chi connectivity index (χ1v) is 20.3. The summed E-state index contributed by atoms with van der Waals surface area (Å²) in [5, 5.41) is 0. The van der Waals surface area contributed by atoms with Crippen LogP contribution in [-0.4, -0.2) is 25.4 Å². The molecule has 4 atom stereocenters. The molecule has 0 aromatic heterocycles. The third kappa shape index (κ3) is 12.9. The zero-order valence-corrected chi connectivity index (χ0v) is 30.5. The Balaban J connectivity index is 1.38. The second-order valence-corrected chi connectivity index (χ2v) is 14.8. The largest absolute Gasteiger partial charge is 0.370 e. The third-order valence-corrected chi connectivity index (χ3v) is 10.9. The molecule has 2 aromatic rings. The molecule has 0 aliphatic carbocycles. The summed E-state index contributed by atoms with van der Waals surface area (Å²) in [7, 11) is 0. The summed E-state index contributed by atoms with van der Waals surface area (Å²) in [6.07, 6.45) is 31.9. The summed E-state index contributed by atoms with van der Waals surface area (Å²) < 4.78 is 20.2. The van der Waals surface area contributed by atoms with Crippen molar-refractivity contribution in [3.63, 3.8) is 0 Å². The molecule has 264 valence electrons. The summed E-state index contributed by atoms with van der Waals surface area (Å²) in [5.41, 5.74) is 1.63. The summed E-state index contributed by atoms with van der Waals surface area (Å²) >= 11 is 0. The Morgan fingerprint density at radius 2 is 0.723 bits per heavy atom. The SMILES string of the molecule is CCCCCCCCCCCCCC(OC(CCCCCCCCCCCCC)(c1ccccc1)C1CO1)(c1ccccc1)C1CO1. The lowest BCUT2D eigenvalue weighted by Crippen LogP contribution is -2.48. The molecule has 3 heteroatoms. The van der Waals surface area contributed by atoms with Crippen LogP contribution >= 0.6 is 0 Å². The zero-order chi connectivity index (χ0) is 32.9. The van der Waals surface area contributed by atoms with Gasteiger partial charge in [-0.05, 0) is 24.0 Å². The van der Waals surface area contributed by atoms with Crippen LogP contribution in [0.15, 0.2) is 60.7 Å². The zero-order valence-electron chi connectivity index (χ0n) is 30.5. The van der Waals surface area contributed by atoms with Crippen LogP contribution in [0.4, 0.5) is 0 Å². The average molecular weight is 647 g/mol. The molecule has 47 heavy (non-hydrogen) atoms. The minimum absolute atomic E-state index is 0.104. The molecule has 0 bridgehead atoms. The molecule has 2 aliphatic rings. The van der Waals surface area contributed by atoms with Gasteiger partial charge in [-0.2, -0.15) is 0 Å². The van der Waals surface area contributed by atoms with Crippen LogP contribution in [0.2, 0.25) is 0 Å². The van der Waals surface area contributed by atoms with Crippen LogP contribution in [-0.2, 0) is 25.4 Å². The van der Waals surface area contributed by atoms with E-state index in [2.05, 4.69) is 74.5 Å². The van der Waals surface area contributed by atoms with Crippen LogP contribution in [0, 0.1) is 0 Å². The van der Waals surface area contributed by atoms with Gasteiger partial charge in [0.15, 0.2) is 0 Å². The standard InChI is InChI=1S/C44H70O3/c1-3-5-7-9-11-13-15-17-19-21-29-35-43(41-37-45-41,39-31-25-23-26-32-39)47-44(42-38-46-42,40-33-27-24-28-34-40)36-30-22-20-18-16-14-12-10-8-6-4-2/h23-28,31-34,41-42H,3-22,29-30,35-38H2,1-2H3. The molecule has 3 nitrogen and oxygen atoms in total. The minimum Gasteiger partial charge on any atom is -0.370 e. The Morgan fingerprint density at radius 1 is 0.447 bits per heavy atom. The van der Waals surface area contributed by atoms with Crippen molar-refractivity contribution in [2.45, 2.75) is 191 Å². The van der Waals surface area contributed by atoms with Crippen molar-refractivity contribution in [3.8, 4) is 0 Å². The smallest absolute Gasteiger partial charge is 0.123 e. The van der Waals surface area contributed by atoms with Crippen LogP contribution < -0.4 is 0 Å². The van der Waals surface area contributed by atoms with E-state index < -0.39 is 11.2 Å². The normalized spacial score (nSPS) is 19.7. The Hall–Kier alpha value is -1.68. The van der Waals surface area contributed by atoms with Gasteiger partial charge in [0.25, 0.3) is 0 Å². The molecule has 2 heterocycles. The highest BCUT2D eigenvalue weighted by molar-refractivity contribution is 5.31. The van der Waals surface area contributed by atoms with Crippen LogP contribution in [0.3, 0.4) is 0 Å². The minimum atomic E-state index is -0.458. The molecule has 0 radical (unpaired) electrons. The lowest BCUT2D eigenvalue weighted by atomic mass is 9.80. The highest BCUT2D eigenvalue weighted by atomic mass is 16.6. The number of epoxide rings is 2. The van der Waals surface area contributed by atoms with Crippen molar-refractivity contribution in [2.24, 2.45) is 0 Å². The maximum absolute atomic E-state index is 7.78. The highest BCUT2D eigenvalue weighted by Crippen LogP contribution is 2.52. The van der Waals surface area contributed by atoms with Gasteiger partial charge in [-0.15, -0.1) is 0 Å². The van der Waals surface area contributed by atoms with E-state index in [0.29, 0.717) is 0 Å². The van der Waals surface area contributed by atoms with Crippen molar-refractivity contribution in [3.05, 3.63) is 71.8 Å². The van der Waals surface area contributed by atoms with Crippen molar-refractivity contribution in [1.82, 2.24) is 0 Å². The molecule has 4 rings (SSSR count). The van der Waals surface area contributed by atoms with Gasteiger partial charge in [0.2, 0.25) is 0 Å². The fourth-order valence-electron chi connectivity index (χ4n) is 7.84. The van der Waals surface area contributed by atoms with E-state index in [1.807, 2.05) is 0 Å². The molecule has 4 unspecified atom stereocenters. The number of hydrogen-bond donors (Lipinski definition) is 0. The van der Waals surface area contributed by atoms with Crippen LogP contribution in [0.25, 0.3) is 0 Å². The van der Waals surface area contributed by atoms with Crippen molar-refractivity contribution in [1.29, 1.82) is 0 Å². The Kier molecular flexibility index (Phi) is 17.9. The van der Waals surface area contributed by atoms with Gasteiger partial charge < -0.3 is 14.2 Å².